The van der Waals surface area contributed by atoms with Crippen LogP contribution in [0.15, 0.2) is 35.2 Å². The van der Waals surface area contributed by atoms with E-state index < -0.39 is 27.5 Å². The lowest BCUT2D eigenvalue weighted by molar-refractivity contribution is 0.0347. The quantitative estimate of drug-likeness (QED) is 0.861. The number of halogens is 2. The molecule has 6 heteroatoms. The molecule has 0 aromatic heterocycles. The summed E-state index contributed by atoms with van der Waals surface area (Å²) in [7, 11) is -4.23. The number of hydrogen-bond donors (Lipinski definition) is 2. The van der Waals surface area contributed by atoms with Gasteiger partial charge in [-0.2, -0.15) is 8.78 Å². The molecule has 2 unspecified atom stereocenters. The highest BCUT2D eigenvalue weighted by atomic mass is 32.2. The lowest BCUT2D eigenvalue weighted by Gasteiger charge is -2.20. The van der Waals surface area contributed by atoms with Crippen molar-refractivity contribution in [3.8, 4) is 0 Å². The van der Waals surface area contributed by atoms with Crippen LogP contribution in [0.1, 0.15) is 13.3 Å². The van der Waals surface area contributed by atoms with Crippen molar-refractivity contribution >= 4 is 9.73 Å². The molecule has 0 saturated carbocycles. The first-order valence-corrected chi connectivity index (χ1v) is 6.22. The topological polar surface area (TPSA) is 61.1 Å². The van der Waals surface area contributed by atoms with E-state index in [4.69, 9.17) is 9.89 Å². The minimum atomic E-state index is -4.23. The highest BCUT2D eigenvalue weighted by Crippen LogP contribution is 2.33. The van der Waals surface area contributed by atoms with Crippen molar-refractivity contribution in [1.82, 2.24) is 0 Å². The van der Waals surface area contributed by atoms with Gasteiger partial charge in [0.25, 0.3) is 0 Å². The second kappa shape index (κ2) is 4.47. The maximum absolute atomic E-state index is 13.5. The van der Waals surface area contributed by atoms with E-state index in [1.165, 1.54) is 31.2 Å². The molecule has 0 aliphatic heterocycles. The normalized spacial score (nSPS) is 17.8. The number of nitrogens with one attached hydrogen (secondary N) is 1. The summed E-state index contributed by atoms with van der Waals surface area (Å²) in [6.45, 7) is 1.18. The molecule has 16 heavy (non-hydrogen) atoms. The van der Waals surface area contributed by atoms with Crippen LogP contribution in [0.25, 0.3) is 0 Å². The molecule has 0 fully saturated rings. The summed E-state index contributed by atoms with van der Waals surface area (Å²) < 4.78 is 46.1. The average molecular weight is 249 g/mol. The predicted molar refractivity (Wildman–Crippen MR) is 56.8 cm³/mol. The molecule has 0 bridgehead atoms. The van der Waals surface area contributed by atoms with Crippen LogP contribution in [0.5, 0.6) is 0 Å². The van der Waals surface area contributed by atoms with Crippen molar-refractivity contribution in [2.75, 3.05) is 0 Å². The van der Waals surface area contributed by atoms with Crippen molar-refractivity contribution in [2.45, 2.75) is 29.6 Å². The molecule has 1 rings (SSSR count). The molecule has 0 radical (unpaired) electrons. The molecule has 1 aromatic carbocycles. The van der Waals surface area contributed by atoms with Crippen molar-refractivity contribution in [2.24, 2.45) is 0 Å². The van der Waals surface area contributed by atoms with E-state index in [2.05, 4.69) is 0 Å². The molecule has 90 valence electrons. The van der Waals surface area contributed by atoms with Gasteiger partial charge in [0.1, 0.15) is 9.73 Å². The molecular weight excluding hydrogens is 236 g/mol. The Balaban J connectivity index is 3.12. The smallest absolute Gasteiger partial charge is 0.334 e. The Hall–Kier alpha value is -1.01. The van der Waals surface area contributed by atoms with Crippen LogP contribution in [-0.2, 0) is 9.73 Å². The summed E-state index contributed by atoms with van der Waals surface area (Å²) in [5, 5.41) is 5.18. The fraction of sp³-hybridized carbons (Fsp3) is 0.400. The zero-order chi connectivity index (χ0) is 12.4. The first-order chi connectivity index (χ1) is 7.27. The van der Waals surface area contributed by atoms with Crippen LogP contribution in [0.2, 0.25) is 0 Å². The summed E-state index contributed by atoms with van der Waals surface area (Å²) in [4.78, 5) is -0.222. The summed E-state index contributed by atoms with van der Waals surface area (Å²) >= 11 is 0. The first-order valence-electron chi connectivity index (χ1n) is 4.67. The van der Waals surface area contributed by atoms with Crippen LogP contribution in [0.3, 0.4) is 0 Å². The third kappa shape index (κ3) is 2.56. The zero-order valence-corrected chi connectivity index (χ0v) is 9.51. The molecule has 0 spiro atoms. The van der Waals surface area contributed by atoms with Gasteiger partial charge in [-0.3, -0.25) is 0 Å². The van der Waals surface area contributed by atoms with Crippen LogP contribution < -0.4 is 0 Å². The largest absolute Gasteiger partial charge is 0.393 e. The van der Waals surface area contributed by atoms with Crippen molar-refractivity contribution in [1.29, 1.82) is 4.78 Å². The Labute approximate surface area is 93.1 Å². The molecule has 2 atom stereocenters. The summed E-state index contributed by atoms with van der Waals surface area (Å²) in [6.07, 6.45) is -2.28. The Morgan fingerprint density at radius 3 is 2.38 bits per heavy atom. The monoisotopic (exact) mass is 249 g/mol. The van der Waals surface area contributed by atoms with E-state index in [9.17, 15) is 13.0 Å². The van der Waals surface area contributed by atoms with Crippen molar-refractivity contribution in [3.63, 3.8) is 0 Å². The number of aliphatic hydroxyl groups is 1. The van der Waals surface area contributed by atoms with E-state index in [0.29, 0.717) is 0 Å². The highest BCUT2D eigenvalue weighted by Gasteiger charge is 2.43. The number of alkyl halides is 2. The van der Waals surface area contributed by atoms with Crippen LogP contribution in [-0.4, -0.2) is 20.7 Å². The Morgan fingerprint density at radius 2 is 1.94 bits per heavy atom. The maximum atomic E-state index is 13.5. The maximum Gasteiger partial charge on any atom is 0.334 e. The molecule has 1 aromatic rings. The fourth-order valence-electron chi connectivity index (χ4n) is 1.25. The lowest BCUT2D eigenvalue weighted by atomic mass is 10.3. The van der Waals surface area contributed by atoms with Gasteiger partial charge in [-0.1, -0.05) is 18.2 Å². The second-order valence-corrected chi connectivity index (χ2v) is 5.74. The second-order valence-electron chi connectivity index (χ2n) is 3.56. The lowest BCUT2D eigenvalue weighted by Crippen LogP contribution is -2.31. The van der Waals surface area contributed by atoms with Gasteiger partial charge in [0.15, 0.2) is 0 Å². The molecule has 0 heterocycles. The van der Waals surface area contributed by atoms with Gasteiger partial charge in [-0.05, 0) is 19.1 Å². The average Bonchev–Trinajstić information content (AvgIpc) is 2.17. The van der Waals surface area contributed by atoms with Gasteiger partial charge in [0.05, 0.1) is 17.4 Å². The van der Waals surface area contributed by atoms with Gasteiger partial charge in [0.2, 0.25) is 0 Å². The van der Waals surface area contributed by atoms with E-state index in [1.54, 1.807) is 6.07 Å². The van der Waals surface area contributed by atoms with E-state index in [1.807, 2.05) is 0 Å². The predicted octanol–water partition coefficient (Wildman–Crippen LogP) is 2.46. The van der Waals surface area contributed by atoms with Crippen LogP contribution in [0, 0.1) is 4.78 Å². The molecule has 0 saturated heterocycles. The van der Waals surface area contributed by atoms with E-state index in [0.717, 1.165) is 0 Å². The number of aliphatic hydroxyl groups excluding tert-OH is 1. The van der Waals surface area contributed by atoms with E-state index >= 15 is 0 Å². The van der Waals surface area contributed by atoms with Crippen LogP contribution in [0.4, 0.5) is 8.78 Å². The zero-order valence-electron chi connectivity index (χ0n) is 8.69. The standard InChI is InChI=1S/C10H13F2NO2S/c1-8(14)7-10(11,12)16(13,15)9-5-3-2-4-6-9/h2-6,8,13-14H,7H2,1H3. The number of benzene rings is 1. The Morgan fingerprint density at radius 1 is 1.44 bits per heavy atom. The Bertz CT molecular complexity index is 443. The van der Waals surface area contributed by atoms with Gasteiger partial charge < -0.3 is 5.11 Å². The molecule has 2 N–H and O–H groups in total. The molecule has 3 nitrogen and oxygen atoms in total. The number of rotatable bonds is 4. The fourth-order valence-corrected chi connectivity index (χ4v) is 2.61. The summed E-state index contributed by atoms with van der Waals surface area (Å²) in [5.41, 5.74) is 0. The van der Waals surface area contributed by atoms with Gasteiger partial charge in [-0.25, -0.2) is 8.99 Å². The third-order valence-corrected chi connectivity index (χ3v) is 3.97. The first kappa shape index (κ1) is 13.1. The molecule has 0 aliphatic carbocycles. The van der Waals surface area contributed by atoms with Crippen molar-refractivity contribution in [3.05, 3.63) is 30.3 Å². The van der Waals surface area contributed by atoms with Gasteiger partial charge in [-0.15, -0.1) is 0 Å². The third-order valence-electron chi connectivity index (χ3n) is 2.03. The highest BCUT2D eigenvalue weighted by molar-refractivity contribution is 7.93. The van der Waals surface area contributed by atoms with Crippen LogP contribution >= 0.6 is 0 Å². The minimum absolute atomic E-state index is 0.222. The Kier molecular flexibility index (Phi) is 3.64. The minimum Gasteiger partial charge on any atom is -0.393 e. The molecule has 0 aliphatic rings. The van der Waals surface area contributed by atoms with Gasteiger partial charge >= 0.3 is 5.25 Å². The molecular formula is C10H13F2NO2S. The summed E-state index contributed by atoms with van der Waals surface area (Å²) in [6, 6.07) is 6.94. The SMILES string of the molecule is CC(O)CC(F)(F)S(=N)(=O)c1ccccc1. The van der Waals surface area contributed by atoms with Gasteiger partial charge in [0, 0.05) is 0 Å². The van der Waals surface area contributed by atoms with E-state index in [-0.39, 0.29) is 4.90 Å². The summed E-state index contributed by atoms with van der Waals surface area (Å²) in [5.74, 6) is 0. The molecule has 0 amide bonds. The number of hydrogen-bond acceptors (Lipinski definition) is 3. The van der Waals surface area contributed by atoms with Crippen molar-refractivity contribution < 1.29 is 18.1 Å².